The van der Waals surface area contributed by atoms with Gasteiger partial charge in [-0.1, -0.05) is 24.3 Å². The summed E-state index contributed by atoms with van der Waals surface area (Å²) in [6, 6.07) is 7.19. The van der Waals surface area contributed by atoms with Gasteiger partial charge in [-0.05, 0) is 24.0 Å². The monoisotopic (exact) mass is 196 g/mol. The molecule has 0 atom stereocenters. The molecule has 1 aromatic carbocycles. The van der Waals surface area contributed by atoms with Gasteiger partial charge in [-0.2, -0.15) is 0 Å². The quantitative estimate of drug-likeness (QED) is 0.785. The summed E-state index contributed by atoms with van der Waals surface area (Å²) in [5.41, 5.74) is 1.65. The fourth-order valence-corrected chi connectivity index (χ4v) is 1.31. The number of carbonyl (C=O) groups is 1. The molecule has 3 heteroatoms. The van der Waals surface area contributed by atoms with E-state index in [1.54, 1.807) is 18.2 Å². The Labute approximate surface area is 82.4 Å². The number of alkyl halides is 1. The number of aryl methyl sites for hydroxylation is 1. The van der Waals surface area contributed by atoms with Crippen LogP contribution in [0.4, 0.5) is 4.39 Å². The zero-order valence-corrected chi connectivity index (χ0v) is 7.87. The molecule has 1 N–H and O–H groups in total. The molecule has 0 aliphatic carbocycles. The zero-order chi connectivity index (χ0) is 10.4. The maximum Gasteiger partial charge on any atom is 0.303 e. The lowest BCUT2D eigenvalue weighted by atomic mass is 10.1. The summed E-state index contributed by atoms with van der Waals surface area (Å²) in [5.74, 6) is -0.786. The van der Waals surface area contributed by atoms with Gasteiger partial charge in [-0.3, -0.25) is 4.79 Å². The first-order chi connectivity index (χ1) is 6.72. The van der Waals surface area contributed by atoms with Gasteiger partial charge >= 0.3 is 5.97 Å². The predicted molar refractivity (Wildman–Crippen MR) is 51.8 cm³/mol. The van der Waals surface area contributed by atoms with E-state index >= 15 is 0 Å². The van der Waals surface area contributed by atoms with Crippen molar-refractivity contribution in [2.75, 3.05) is 0 Å². The Morgan fingerprint density at radius 1 is 1.36 bits per heavy atom. The van der Waals surface area contributed by atoms with Crippen LogP contribution in [0.2, 0.25) is 0 Å². The van der Waals surface area contributed by atoms with Crippen LogP contribution in [0.5, 0.6) is 0 Å². The van der Waals surface area contributed by atoms with E-state index in [2.05, 4.69) is 0 Å². The first-order valence-corrected chi connectivity index (χ1v) is 4.58. The summed E-state index contributed by atoms with van der Waals surface area (Å²) in [6.45, 7) is -0.466. The molecule has 0 saturated heterocycles. The molecular formula is C11H13FO2. The summed E-state index contributed by atoms with van der Waals surface area (Å²) >= 11 is 0. The van der Waals surface area contributed by atoms with E-state index in [0.717, 1.165) is 5.56 Å². The smallest absolute Gasteiger partial charge is 0.303 e. The molecular weight excluding hydrogens is 183 g/mol. The third-order valence-corrected chi connectivity index (χ3v) is 2.00. The third-order valence-electron chi connectivity index (χ3n) is 2.00. The number of rotatable bonds is 5. The minimum atomic E-state index is -0.786. The van der Waals surface area contributed by atoms with Crippen LogP contribution in [0.1, 0.15) is 24.0 Å². The van der Waals surface area contributed by atoms with Gasteiger partial charge in [0.2, 0.25) is 0 Å². The van der Waals surface area contributed by atoms with Gasteiger partial charge < -0.3 is 5.11 Å². The second-order valence-electron chi connectivity index (χ2n) is 3.20. The predicted octanol–water partition coefficient (Wildman–Crippen LogP) is 2.56. The Bertz CT molecular complexity index is 310. The van der Waals surface area contributed by atoms with E-state index in [9.17, 15) is 9.18 Å². The fourth-order valence-electron chi connectivity index (χ4n) is 1.31. The maximum absolute atomic E-state index is 12.3. The molecule has 0 unspecified atom stereocenters. The molecule has 1 rings (SSSR count). The fraction of sp³-hybridized carbons (Fsp3) is 0.364. The number of carboxylic acids is 1. The lowest BCUT2D eigenvalue weighted by molar-refractivity contribution is -0.137. The molecule has 0 aromatic heterocycles. The van der Waals surface area contributed by atoms with Gasteiger partial charge in [0.15, 0.2) is 0 Å². The van der Waals surface area contributed by atoms with Gasteiger partial charge in [0.05, 0.1) is 0 Å². The highest BCUT2D eigenvalue weighted by Crippen LogP contribution is 2.09. The first-order valence-electron chi connectivity index (χ1n) is 4.58. The van der Waals surface area contributed by atoms with Crippen LogP contribution in [0.15, 0.2) is 24.3 Å². The molecule has 0 spiro atoms. The van der Waals surface area contributed by atoms with Crippen LogP contribution >= 0.6 is 0 Å². The highest BCUT2D eigenvalue weighted by atomic mass is 19.1. The molecule has 0 saturated carbocycles. The summed E-state index contributed by atoms with van der Waals surface area (Å²) in [4.78, 5) is 10.3. The van der Waals surface area contributed by atoms with Crippen molar-refractivity contribution in [3.05, 3.63) is 35.4 Å². The Kier molecular flexibility index (Phi) is 4.11. The summed E-state index contributed by atoms with van der Waals surface area (Å²) < 4.78 is 12.3. The summed E-state index contributed by atoms with van der Waals surface area (Å²) in [7, 11) is 0. The van der Waals surface area contributed by atoms with Gasteiger partial charge in [-0.25, -0.2) is 4.39 Å². The molecule has 0 bridgehead atoms. The Balaban J connectivity index is 2.46. The van der Waals surface area contributed by atoms with Crippen molar-refractivity contribution in [3.63, 3.8) is 0 Å². The van der Waals surface area contributed by atoms with E-state index in [0.29, 0.717) is 18.4 Å². The van der Waals surface area contributed by atoms with Gasteiger partial charge in [0.25, 0.3) is 0 Å². The molecule has 0 heterocycles. The molecule has 2 nitrogen and oxygen atoms in total. The summed E-state index contributed by atoms with van der Waals surface area (Å²) in [5, 5.41) is 8.43. The normalized spacial score (nSPS) is 10.1. The number of hydrogen-bond acceptors (Lipinski definition) is 1. The second-order valence-corrected chi connectivity index (χ2v) is 3.20. The van der Waals surface area contributed by atoms with Crippen molar-refractivity contribution >= 4 is 5.97 Å². The second kappa shape index (κ2) is 5.37. The van der Waals surface area contributed by atoms with Crippen LogP contribution in [-0.2, 0) is 17.9 Å². The molecule has 1 aromatic rings. The van der Waals surface area contributed by atoms with E-state index in [1.807, 2.05) is 6.07 Å². The van der Waals surface area contributed by atoms with Crippen LogP contribution in [0.25, 0.3) is 0 Å². The minimum absolute atomic E-state index is 0.167. The Morgan fingerprint density at radius 3 is 2.71 bits per heavy atom. The highest BCUT2D eigenvalue weighted by Gasteiger charge is 1.99. The lowest BCUT2D eigenvalue weighted by Crippen LogP contribution is -1.96. The number of aliphatic carboxylic acids is 1. The van der Waals surface area contributed by atoms with Crippen LogP contribution < -0.4 is 0 Å². The van der Waals surface area contributed by atoms with E-state index < -0.39 is 12.6 Å². The van der Waals surface area contributed by atoms with Crippen LogP contribution in [0, 0.1) is 0 Å². The number of hydrogen-bond donors (Lipinski definition) is 1. The molecule has 0 aliphatic rings. The molecule has 0 aliphatic heterocycles. The lowest BCUT2D eigenvalue weighted by Gasteiger charge is -2.01. The SMILES string of the molecule is O=C(O)CCCc1cccc(CF)c1. The Morgan fingerprint density at radius 2 is 2.07 bits per heavy atom. The Hall–Kier alpha value is -1.38. The standard InChI is InChI=1S/C11H13FO2/c12-8-10-5-1-3-9(7-10)4-2-6-11(13)14/h1,3,5,7H,2,4,6,8H2,(H,13,14). The van der Waals surface area contributed by atoms with Crippen LogP contribution in [0.3, 0.4) is 0 Å². The molecule has 14 heavy (non-hydrogen) atoms. The van der Waals surface area contributed by atoms with Crippen molar-refractivity contribution in [1.29, 1.82) is 0 Å². The summed E-state index contributed by atoms with van der Waals surface area (Å²) in [6.07, 6.45) is 1.46. The number of benzene rings is 1. The van der Waals surface area contributed by atoms with E-state index in [-0.39, 0.29) is 6.42 Å². The first kappa shape index (κ1) is 10.7. The van der Waals surface area contributed by atoms with Crippen molar-refractivity contribution in [2.24, 2.45) is 0 Å². The molecule has 0 radical (unpaired) electrons. The van der Waals surface area contributed by atoms with Crippen molar-refractivity contribution in [1.82, 2.24) is 0 Å². The van der Waals surface area contributed by atoms with Gasteiger partial charge in [0.1, 0.15) is 6.67 Å². The minimum Gasteiger partial charge on any atom is -0.481 e. The maximum atomic E-state index is 12.3. The van der Waals surface area contributed by atoms with Gasteiger partial charge in [0, 0.05) is 6.42 Å². The van der Waals surface area contributed by atoms with Crippen LogP contribution in [-0.4, -0.2) is 11.1 Å². The average molecular weight is 196 g/mol. The molecule has 0 amide bonds. The molecule has 76 valence electrons. The van der Waals surface area contributed by atoms with Crippen molar-refractivity contribution < 1.29 is 14.3 Å². The third kappa shape index (κ3) is 3.56. The zero-order valence-electron chi connectivity index (χ0n) is 7.87. The van der Waals surface area contributed by atoms with Crippen molar-refractivity contribution in [3.8, 4) is 0 Å². The number of carboxylic acid groups (broad SMARTS) is 1. The largest absolute Gasteiger partial charge is 0.481 e. The van der Waals surface area contributed by atoms with E-state index in [1.165, 1.54) is 0 Å². The average Bonchev–Trinajstić information content (AvgIpc) is 2.18. The molecule has 0 fully saturated rings. The highest BCUT2D eigenvalue weighted by molar-refractivity contribution is 5.66. The number of halogens is 1. The van der Waals surface area contributed by atoms with E-state index in [4.69, 9.17) is 5.11 Å². The van der Waals surface area contributed by atoms with Gasteiger partial charge in [-0.15, -0.1) is 0 Å². The van der Waals surface area contributed by atoms with Crippen molar-refractivity contribution in [2.45, 2.75) is 25.9 Å². The topological polar surface area (TPSA) is 37.3 Å².